The smallest absolute Gasteiger partial charge is 0.243 e. The molecule has 2 rings (SSSR count). The van der Waals surface area contributed by atoms with Gasteiger partial charge in [-0.05, 0) is 49.6 Å². The van der Waals surface area contributed by atoms with Gasteiger partial charge in [0.1, 0.15) is 0 Å². The standard InChI is InChI=1S/C14H21ClN2O2S/c1-3-16-10-12-8-13(15)9-14(11(12)2)20(18,19)17-6-4-5-7-17/h8-9,16H,3-7,10H2,1-2H3. The number of rotatable bonds is 5. The number of benzene rings is 1. The molecule has 0 amide bonds. The number of hydrogen-bond acceptors (Lipinski definition) is 3. The van der Waals surface area contributed by atoms with Gasteiger partial charge in [-0.3, -0.25) is 0 Å². The van der Waals surface area contributed by atoms with Crippen LogP contribution in [0.2, 0.25) is 5.02 Å². The van der Waals surface area contributed by atoms with E-state index in [1.54, 1.807) is 10.4 Å². The third-order valence-electron chi connectivity index (χ3n) is 3.68. The fourth-order valence-electron chi connectivity index (χ4n) is 2.49. The minimum atomic E-state index is -3.42. The fourth-order valence-corrected chi connectivity index (χ4v) is 4.60. The molecular weight excluding hydrogens is 296 g/mol. The number of hydrogen-bond donors (Lipinski definition) is 1. The average molecular weight is 317 g/mol. The van der Waals surface area contributed by atoms with Crippen LogP contribution in [-0.2, 0) is 16.6 Å². The van der Waals surface area contributed by atoms with Crippen LogP contribution in [0.15, 0.2) is 17.0 Å². The fraction of sp³-hybridized carbons (Fsp3) is 0.571. The SMILES string of the molecule is CCNCc1cc(Cl)cc(S(=O)(=O)N2CCCC2)c1C. The third kappa shape index (κ3) is 3.17. The van der Waals surface area contributed by atoms with E-state index in [-0.39, 0.29) is 0 Å². The Kier molecular flexibility index (Phi) is 5.07. The molecule has 0 bridgehead atoms. The number of nitrogens with zero attached hydrogens (tertiary/aromatic N) is 1. The topological polar surface area (TPSA) is 49.4 Å². The highest BCUT2D eigenvalue weighted by atomic mass is 35.5. The maximum atomic E-state index is 12.7. The highest BCUT2D eigenvalue weighted by molar-refractivity contribution is 7.89. The second kappa shape index (κ2) is 6.43. The average Bonchev–Trinajstić information content (AvgIpc) is 2.93. The van der Waals surface area contributed by atoms with Gasteiger partial charge in [0.15, 0.2) is 0 Å². The minimum Gasteiger partial charge on any atom is -0.313 e. The van der Waals surface area contributed by atoms with E-state index in [4.69, 9.17) is 11.6 Å². The van der Waals surface area contributed by atoms with Gasteiger partial charge in [0.2, 0.25) is 10.0 Å². The first-order valence-electron chi connectivity index (χ1n) is 6.96. The minimum absolute atomic E-state index is 0.347. The van der Waals surface area contributed by atoms with Crippen LogP contribution in [-0.4, -0.2) is 32.4 Å². The number of nitrogens with one attached hydrogen (secondary N) is 1. The summed E-state index contributed by atoms with van der Waals surface area (Å²) in [6.45, 7) is 6.55. The molecule has 1 N–H and O–H groups in total. The van der Waals surface area contributed by atoms with E-state index in [1.807, 2.05) is 19.9 Å². The Labute approximate surface area is 126 Å². The molecule has 0 saturated carbocycles. The van der Waals surface area contributed by atoms with Crippen molar-refractivity contribution in [1.82, 2.24) is 9.62 Å². The molecule has 1 saturated heterocycles. The maximum absolute atomic E-state index is 12.7. The monoisotopic (exact) mass is 316 g/mol. The first kappa shape index (κ1) is 15.8. The predicted octanol–water partition coefficient (Wildman–Crippen LogP) is 2.54. The van der Waals surface area contributed by atoms with Gasteiger partial charge in [-0.2, -0.15) is 4.31 Å². The van der Waals surface area contributed by atoms with Crippen molar-refractivity contribution in [3.8, 4) is 0 Å². The zero-order chi connectivity index (χ0) is 14.8. The van der Waals surface area contributed by atoms with E-state index in [2.05, 4.69) is 5.32 Å². The molecule has 0 radical (unpaired) electrons. The van der Waals surface area contributed by atoms with Gasteiger partial charge in [0.25, 0.3) is 0 Å². The summed E-state index contributed by atoms with van der Waals surface area (Å²) in [4.78, 5) is 0.347. The van der Waals surface area contributed by atoms with Crippen LogP contribution >= 0.6 is 11.6 Å². The predicted molar refractivity (Wildman–Crippen MR) is 81.6 cm³/mol. The van der Waals surface area contributed by atoms with Crippen molar-refractivity contribution >= 4 is 21.6 Å². The molecule has 1 aliphatic heterocycles. The lowest BCUT2D eigenvalue weighted by atomic mass is 10.1. The molecule has 0 spiro atoms. The van der Waals surface area contributed by atoms with Crippen molar-refractivity contribution in [2.45, 2.75) is 38.1 Å². The van der Waals surface area contributed by atoms with E-state index in [9.17, 15) is 8.42 Å². The zero-order valence-electron chi connectivity index (χ0n) is 11.9. The van der Waals surface area contributed by atoms with E-state index >= 15 is 0 Å². The highest BCUT2D eigenvalue weighted by Crippen LogP contribution is 2.28. The lowest BCUT2D eigenvalue weighted by molar-refractivity contribution is 0.477. The summed E-state index contributed by atoms with van der Waals surface area (Å²) >= 11 is 6.10. The number of halogens is 1. The van der Waals surface area contributed by atoms with Crippen LogP contribution in [0.1, 0.15) is 30.9 Å². The van der Waals surface area contributed by atoms with Crippen LogP contribution in [0.3, 0.4) is 0 Å². The Morgan fingerprint density at radius 3 is 2.55 bits per heavy atom. The molecular formula is C14H21ClN2O2S. The molecule has 20 heavy (non-hydrogen) atoms. The van der Waals surface area contributed by atoms with Crippen LogP contribution < -0.4 is 5.32 Å². The summed E-state index contributed by atoms with van der Waals surface area (Å²) in [5, 5.41) is 3.69. The molecule has 1 fully saturated rings. The van der Waals surface area contributed by atoms with Crippen LogP contribution in [0.4, 0.5) is 0 Å². The largest absolute Gasteiger partial charge is 0.313 e. The summed E-state index contributed by atoms with van der Waals surface area (Å²) in [5.74, 6) is 0. The van der Waals surface area contributed by atoms with Gasteiger partial charge >= 0.3 is 0 Å². The van der Waals surface area contributed by atoms with Gasteiger partial charge < -0.3 is 5.32 Å². The van der Waals surface area contributed by atoms with Crippen LogP contribution in [0.25, 0.3) is 0 Å². The Bertz CT molecular complexity index is 581. The quantitative estimate of drug-likeness (QED) is 0.908. The van der Waals surface area contributed by atoms with Gasteiger partial charge in [0, 0.05) is 24.7 Å². The summed E-state index contributed by atoms with van der Waals surface area (Å²) in [7, 11) is -3.42. The van der Waals surface area contributed by atoms with Crippen molar-refractivity contribution in [2.24, 2.45) is 0 Å². The molecule has 1 aromatic rings. The Balaban J connectivity index is 2.42. The van der Waals surface area contributed by atoms with Crippen molar-refractivity contribution in [1.29, 1.82) is 0 Å². The first-order valence-corrected chi connectivity index (χ1v) is 8.78. The van der Waals surface area contributed by atoms with Gasteiger partial charge in [-0.1, -0.05) is 18.5 Å². The first-order chi connectivity index (χ1) is 9.46. The van der Waals surface area contributed by atoms with E-state index < -0.39 is 10.0 Å². The lowest BCUT2D eigenvalue weighted by Crippen LogP contribution is -2.29. The summed E-state index contributed by atoms with van der Waals surface area (Å²) in [6.07, 6.45) is 1.87. The second-order valence-corrected chi connectivity index (χ2v) is 7.42. The summed E-state index contributed by atoms with van der Waals surface area (Å²) < 4.78 is 26.9. The molecule has 0 unspecified atom stereocenters. The molecule has 112 valence electrons. The summed E-state index contributed by atoms with van der Waals surface area (Å²) in [5.41, 5.74) is 1.74. The highest BCUT2D eigenvalue weighted by Gasteiger charge is 2.29. The Hall–Kier alpha value is -0.620. The Morgan fingerprint density at radius 2 is 1.95 bits per heavy atom. The zero-order valence-corrected chi connectivity index (χ0v) is 13.5. The molecule has 4 nitrogen and oxygen atoms in total. The lowest BCUT2D eigenvalue weighted by Gasteiger charge is -2.19. The summed E-state index contributed by atoms with van der Waals surface area (Å²) in [6, 6.07) is 3.41. The maximum Gasteiger partial charge on any atom is 0.243 e. The van der Waals surface area contributed by atoms with Crippen molar-refractivity contribution in [3.63, 3.8) is 0 Å². The van der Waals surface area contributed by atoms with Gasteiger partial charge in [-0.15, -0.1) is 0 Å². The van der Waals surface area contributed by atoms with Crippen LogP contribution in [0, 0.1) is 6.92 Å². The van der Waals surface area contributed by atoms with Crippen molar-refractivity contribution in [3.05, 3.63) is 28.3 Å². The van der Waals surface area contributed by atoms with E-state index in [0.717, 1.165) is 30.5 Å². The molecule has 1 aliphatic rings. The molecule has 1 aromatic carbocycles. The third-order valence-corrected chi connectivity index (χ3v) is 5.92. The number of sulfonamides is 1. The van der Waals surface area contributed by atoms with Crippen LogP contribution in [0.5, 0.6) is 0 Å². The molecule has 0 atom stereocenters. The van der Waals surface area contributed by atoms with Gasteiger partial charge in [0.05, 0.1) is 4.90 Å². The molecule has 0 aromatic heterocycles. The van der Waals surface area contributed by atoms with E-state index in [0.29, 0.717) is 29.6 Å². The normalized spacial score (nSPS) is 16.8. The van der Waals surface area contributed by atoms with E-state index in [1.165, 1.54) is 0 Å². The van der Waals surface area contributed by atoms with Crippen molar-refractivity contribution < 1.29 is 8.42 Å². The molecule has 1 heterocycles. The molecule has 0 aliphatic carbocycles. The van der Waals surface area contributed by atoms with Crippen molar-refractivity contribution in [2.75, 3.05) is 19.6 Å². The van der Waals surface area contributed by atoms with Gasteiger partial charge in [-0.25, -0.2) is 8.42 Å². The second-order valence-electron chi connectivity index (χ2n) is 5.08. The Morgan fingerprint density at radius 1 is 1.30 bits per heavy atom. The molecule has 6 heteroatoms.